The minimum absolute atomic E-state index is 0.109. The van der Waals surface area contributed by atoms with Crippen LogP contribution in [0.4, 0.5) is 4.79 Å². The Morgan fingerprint density at radius 3 is 2.15 bits per heavy atom. The van der Waals surface area contributed by atoms with Crippen molar-refractivity contribution in [1.29, 1.82) is 0 Å². The number of aliphatic hydroxyl groups is 2. The summed E-state index contributed by atoms with van der Waals surface area (Å²) >= 11 is 0. The topological polar surface area (TPSA) is 242 Å². The van der Waals surface area contributed by atoms with Gasteiger partial charge in [0, 0.05) is 27.3 Å². The quantitative estimate of drug-likeness (QED) is 0.0688. The monoisotopic (exact) mass is 493 g/mol. The van der Waals surface area contributed by atoms with E-state index < -0.39 is 66.9 Å². The van der Waals surface area contributed by atoms with Gasteiger partial charge in [-0.25, -0.2) is 10.2 Å². The van der Waals surface area contributed by atoms with Crippen molar-refractivity contribution in [3.63, 3.8) is 0 Å². The molecule has 0 radical (unpaired) electrons. The minimum atomic E-state index is -1.44. The predicted octanol–water partition coefficient (Wildman–Crippen LogP) is -5.21. The molecule has 0 aliphatic rings. The Hall–Kier alpha value is -3.05. The number of methoxy groups -OCH3 is 2. The number of aliphatic hydroxyl groups excluding tert-OH is 2. The van der Waals surface area contributed by atoms with Gasteiger partial charge >= 0.3 is 6.03 Å². The van der Waals surface area contributed by atoms with Gasteiger partial charge in [0.15, 0.2) is 0 Å². The van der Waals surface area contributed by atoms with Crippen molar-refractivity contribution in [3.8, 4) is 0 Å². The number of amides is 6. The highest BCUT2D eigenvalue weighted by Gasteiger charge is 2.26. The number of primary amides is 1. The molecule has 34 heavy (non-hydrogen) atoms. The maximum atomic E-state index is 12.4. The highest BCUT2D eigenvalue weighted by Crippen LogP contribution is 1.95. The van der Waals surface area contributed by atoms with Crippen molar-refractivity contribution in [2.75, 3.05) is 47.1 Å². The van der Waals surface area contributed by atoms with E-state index in [0.717, 1.165) is 0 Å². The Balaban J connectivity index is 4.89. The summed E-state index contributed by atoms with van der Waals surface area (Å²) in [5.41, 5.74) is 9.85. The maximum absolute atomic E-state index is 12.4. The van der Waals surface area contributed by atoms with Crippen molar-refractivity contribution >= 4 is 29.7 Å². The van der Waals surface area contributed by atoms with E-state index in [2.05, 4.69) is 36.9 Å². The molecule has 16 nitrogen and oxygen atoms in total. The molecule has 0 saturated carbocycles. The molecule has 0 aliphatic heterocycles. The van der Waals surface area contributed by atoms with Crippen LogP contribution in [0.5, 0.6) is 0 Å². The van der Waals surface area contributed by atoms with Crippen LogP contribution in [0.25, 0.3) is 0 Å². The molecule has 0 aromatic rings. The van der Waals surface area contributed by atoms with Crippen LogP contribution in [0.15, 0.2) is 0 Å². The molecular formula is C18H35N7O9. The number of carbonyl (C=O) groups is 5. The van der Waals surface area contributed by atoms with Crippen molar-refractivity contribution in [2.24, 2.45) is 5.73 Å². The highest BCUT2D eigenvalue weighted by atomic mass is 16.5. The Morgan fingerprint density at radius 1 is 0.971 bits per heavy atom. The van der Waals surface area contributed by atoms with Crippen molar-refractivity contribution < 1.29 is 43.7 Å². The molecule has 10 N–H and O–H groups in total. The molecule has 0 aliphatic carbocycles. The first-order valence-corrected chi connectivity index (χ1v) is 10.3. The Kier molecular flexibility index (Phi) is 15.9. The van der Waals surface area contributed by atoms with Crippen molar-refractivity contribution in [1.82, 2.24) is 32.1 Å². The molecule has 0 fully saturated rings. The largest absolute Gasteiger partial charge is 0.394 e. The molecule has 6 amide bonds. The summed E-state index contributed by atoms with van der Waals surface area (Å²) in [6, 6.07) is -4.57. The van der Waals surface area contributed by atoms with Gasteiger partial charge in [0.2, 0.25) is 17.7 Å². The lowest BCUT2D eigenvalue weighted by Gasteiger charge is -2.23. The summed E-state index contributed by atoms with van der Waals surface area (Å²) in [4.78, 5) is 59.5. The van der Waals surface area contributed by atoms with Gasteiger partial charge in [-0.1, -0.05) is 0 Å². The third-order valence-corrected chi connectivity index (χ3v) is 4.17. The van der Waals surface area contributed by atoms with E-state index >= 15 is 0 Å². The average molecular weight is 494 g/mol. The number of hydrogen-bond donors (Lipinski definition) is 9. The van der Waals surface area contributed by atoms with Crippen LogP contribution in [0.3, 0.4) is 0 Å². The number of carbonyl (C=O) groups excluding carboxylic acids is 5. The van der Waals surface area contributed by atoms with Gasteiger partial charge in [0.25, 0.3) is 5.91 Å². The van der Waals surface area contributed by atoms with Crippen molar-refractivity contribution in [2.45, 2.75) is 37.6 Å². The van der Waals surface area contributed by atoms with Gasteiger partial charge in [0.05, 0.1) is 31.8 Å². The number of hydrogen-bond acceptors (Lipinski definition) is 10. The van der Waals surface area contributed by atoms with E-state index in [4.69, 9.17) is 10.5 Å². The van der Waals surface area contributed by atoms with E-state index in [-0.39, 0.29) is 26.3 Å². The zero-order valence-corrected chi connectivity index (χ0v) is 19.4. The van der Waals surface area contributed by atoms with Gasteiger partial charge in [-0.15, -0.1) is 0 Å². The number of rotatable bonds is 17. The number of ether oxygens (including phenoxy) is 2. The predicted molar refractivity (Wildman–Crippen MR) is 117 cm³/mol. The minimum Gasteiger partial charge on any atom is -0.394 e. The smallest absolute Gasteiger partial charge is 0.316 e. The van der Waals surface area contributed by atoms with E-state index in [1.54, 1.807) is 0 Å². The Morgan fingerprint density at radius 2 is 1.62 bits per heavy atom. The first-order chi connectivity index (χ1) is 16.0. The molecule has 0 aromatic carbocycles. The number of nitrogens with one attached hydrogen (secondary N) is 6. The summed E-state index contributed by atoms with van der Waals surface area (Å²) in [6.07, 6.45) is -1.56. The second kappa shape index (κ2) is 17.4. The fourth-order valence-electron chi connectivity index (χ4n) is 2.42. The molecule has 0 rings (SSSR count). The van der Waals surface area contributed by atoms with E-state index in [9.17, 15) is 34.2 Å². The lowest BCUT2D eigenvalue weighted by atomic mass is 10.2. The third kappa shape index (κ3) is 13.5. The van der Waals surface area contributed by atoms with E-state index in [1.165, 1.54) is 21.1 Å². The number of nitrogens with two attached hydrogens (primary N) is 1. The van der Waals surface area contributed by atoms with Crippen molar-refractivity contribution in [3.05, 3.63) is 0 Å². The lowest BCUT2D eigenvalue weighted by molar-refractivity contribution is -0.127. The van der Waals surface area contributed by atoms with Crippen LogP contribution in [0.1, 0.15) is 13.3 Å². The highest BCUT2D eigenvalue weighted by molar-refractivity contribution is 5.92. The van der Waals surface area contributed by atoms with Gasteiger partial charge in [-0.05, 0) is 6.92 Å². The fourth-order valence-corrected chi connectivity index (χ4v) is 2.42. The number of urea groups is 1. The van der Waals surface area contributed by atoms with Crippen LogP contribution >= 0.6 is 0 Å². The molecule has 0 saturated heterocycles. The van der Waals surface area contributed by atoms with Gasteiger partial charge in [0.1, 0.15) is 18.7 Å². The summed E-state index contributed by atoms with van der Waals surface area (Å²) in [5, 5.41) is 28.4. The van der Waals surface area contributed by atoms with Gasteiger partial charge in [-0.2, -0.15) is 0 Å². The molecule has 1 unspecified atom stereocenters. The molecule has 196 valence electrons. The zero-order chi connectivity index (χ0) is 26.1. The molecule has 16 heteroatoms. The summed E-state index contributed by atoms with van der Waals surface area (Å²) in [6.45, 7) is 0.724. The second-order valence-electron chi connectivity index (χ2n) is 7.08. The van der Waals surface area contributed by atoms with Gasteiger partial charge < -0.3 is 46.7 Å². The van der Waals surface area contributed by atoms with Crippen LogP contribution < -0.4 is 37.9 Å². The normalized spacial score (nSPS) is 14.1. The Bertz CT molecular complexity index is 678. The SMILES string of the molecule is COCCNC(=O)[C@@H](CO)NC(=O)N[C@H](CC(N)=O)C(=O)NNC[C@H](NC(=O)COC)C(C)O. The van der Waals surface area contributed by atoms with Crippen LogP contribution in [0, 0.1) is 0 Å². The molecular weight excluding hydrogens is 458 g/mol. The molecule has 0 bridgehead atoms. The second-order valence-corrected chi connectivity index (χ2v) is 7.08. The van der Waals surface area contributed by atoms with Crippen LogP contribution in [0.2, 0.25) is 0 Å². The summed E-state index contributed by atoms with van der Waals surface area (Å²) < 4.78 is 9.47. The van der Waals surface area contributed by atoms with Gasteiger partial charge in [-0.3, -0.25) is 24.6 Å². The van der Waals surface area contributed by atoms with Crippen LogP contribution in [-0.2, 0) is 28.7 Å². The molecule has 0 aromatic heterocycles. The molecule has 0 heterocycles. The average Bonchev–Trinajstić information content (AvgIpc) is 2.75. The van der Waals surface area contributed by atoms with E-state index in [0.29, 0.717) is 0 Å². The molecule has 4 atom stereocenters. The standard InChI is InChI=1S/C18H35N7O9/c1-10(27)12(22-15(29)9-34-3)7-21-25-17(31)11(6-14(19)28)23-18(32)24-13(8-26)16(30)20-4-5-33-2/h10-13,21,26-27H,4-9H2,1-3H3,(H2,19,28)(H,20,30)(H,22,29)(H,25,31)(H2,23,24,32)/t10?,11-,12+,13-/m1/s1. The first kappa shape index (κ1) is 30.9. The third-order valence-electron chi connectivity index (χ3n) is 4.17. The summed E-state index contributed by atoms with van der Waals surface area (Å²) in [5.74, 6) is -2.94. The van der Waals surface area contributed by atoms with Crippen LogP contribution in [-0.4, -0.2) is 111 Å². The molecule has 0 spiro atoms. The summed E-state index contributed by atoms with van der Waals surface area (Å²) in [7, 11) is 2.76. The first-order valence-electron chi connectivity index (χ1n) is 10.3. The zero-order valence-electron chi connectivity index (χ0n) is 19.4. The van der Waals surface area contributed by atoms with E-state index in [1.807, 2.05) is 0 Å². The number of hydrazine groups is 1. The fraction of sp³-hybridized carbons (Fsp3) is 0.722. The maximum Gasteiger partial charge on any atom is 0.316 e. The Labute approximate surface area is 196 Å². The lowest BCUT2D eigenvalue weighted by Crippen LogP contribution is -2.59.